The Kier molecular flexibility index (Phi) is 7.53. The first-order valence-corrected chi connectivity index (χ1v) is 9.00. The van der Waals surface area contributed by atoms with Crippen molar-refractivity contribution < 1.29 is 14.3 Å². The normalized spacial score (nSPS) is 13.9. The molecule has 142 valence electrons. The van der Waals surface area contributed by atoms with Crippen LogP contribution >= 0.6 is 0 Å². The summed E-state index contributed by atoms with van der Waals surface area (Å²) >= 11 is 0. The summed E-state index contributed by atoms with van der Waals surface area (Å²) in [5.74, 6) is 2.83. The van der Waals surface area contributed by atoms with Crippen LogP contribution in [0.5, 0.6) is 5.75 Å². The number of guanidine groups is 1. The van der Waals surface area contributed by atoms with Gasteiger partial charge in [-0.15, -0.1) is 0 Å². The van der Waals surface area contributed by atoms with Crippen molar-refractivity contribution in [3.05, 3.63) is 54.0 Å². The molecule has 1 aromatic carbocycles. The summed E-state index contributed by atoms with van der Waals surface area (Å²) in [6.45, 7) is 7.85. The Balaban J connectivity index is 1.78. The standard InChI is InChI=1S/C20H29N3O3/c1-4-21-19(22-13-8-14-25-17-9-6-5-7-10-17)23-15-20(3,24)18-12-11-16(2)26-18/h5-7,9-12,24H,4,8,13-15H2,1-3H3,(H2,21,22,23). The van der Waals surface area contributed by atoms with Gasteiger partial charge in [-0.1, -0.05) is 18.2 Å². The van der Waals surface area contributed by atoms with Crippen LogP contribution in [0.4, 0.5) is 0 Å². The Bertz CT molecular complexity index is 681. The molecule has 2 aromatic rings. The minimum Gasteiger partial charge on any atom is -0.494 e. The van der Waals surface area contributed by atoms with Gasteiger partial charge in [-0.3, -0.25) is 0 Å². The first-order chi connectivity index (χ1) is 12.5. The van der Waals surface area contributed by atoms with Crippen LogP contribution in [0.2, 0.25) is 0 Å². The van der Waals surface area contributed by atoms with Crippen molar-refractivity contribution in [3.8, 4) is 5.75 Å². The minimum atomic E-state index is -1.15. The zero-order valence-corrected chi connectivity index (χ0v) is 15.8. The van der Waals surface area contributed by atoms with E-state index in [0.29, 0.717) is 18.3 Å². The largest absolute Gasteiger partial charge is 0.494 e. The third-order valence-electron chi connectivity index (χ3n) is 3.79. The predicted molar refractivity (Wildman–Crippen MR) is 104 cm³/mol. The molecule has 0 aliphatic rings. The number of nitrogens with one attached hydrogen (secondary N) is 2. The second kappa shape index (κ2) is 9.87. The van der Waals surface area contributed by atoms with E-state index in [2.05, 4.69) is 15.6 Å². The molecule has 1 heterocycles. The second-order valence-corrected chi connectivity index (χ2v) is 6.32. The summed E-state index contributed by atoms with van der Waals surface area (Å²) < 4.78 is 11.2. The number of aliphatic hydroxyl groups is 1. The molecule has 6 nitrogen and oxygen atoms in total. The lowest BCUT2D eigenvalue weighted by Crippen LogP contribution is -2.39. The van der Waals surface area contributed by atoms with E-state index >= 15 is 0 Å². The molecule has 0 radical (unpaired) electrons. The Morgan fingerprint density at radius 3 is 2.62 bits per heavy atom. The van der Waals surface area contributed by atoms with E-state index in [1.54, 1.807) is 13.0 Å². The molecule has 1 aromatic heterocycles. The number of ether oxygens (including phenoxy) is 1. The second-order valence-electron chi connectivity index (χ2n) is 6.32. The lowest BCUT2D eigenvalue weighted by atomic mass is 10.0. The molecule has 0 spiro atoms. The number of para-hydroxylation sites is 1. The van der Waals surface area contributed by atoms with Crippen LogP contribution in [0, 0.1) is 6.92 Å². The summed E-state index contributed by atoms with van der Waals surface area (Å²) in [5, 5.41) is 17.0. The number of aliphatic imine (C=N–C) groups is 1. The summed E-state index contributed by atoms with van der Waals surface area (Å²) in [6, 6.07) is 13.4. The van der Waals surface area contributed by atoms with Gasteiger partial charge in [0.15, 0.2) is 5.96 Å². The lowest BCUT2D eigenvalue weighted by Gasteiger charge is -2.19. The average Bonchev–Trinajstić information content (AvgIpc) is 3.07. The van der Waals surface area contributed by atoms with Crippen LogP contribution in [-0.2, 0) is 5.60 Å². The van der Waals surface area contributed by atoms with Gasteiger partial charge in [0.25, 0.3) is 0 Å². The summed E-state index contributed by atoms with van der Waals surface area (Å²) in [4.78, 5) is 4.47. The Hall–Kier alpha value is -2.47. The van der Waals surface area contributed by atoms with Crippen LogP contribution in [-0.4, -0.2) is 37.3 Å². The summed E-state index contributed by atoms with van der Waals surface area (Å²) in [5.41, 5.74) is -1.15. The van der Waals surface area contributed by atoms with E-state index in [1.807, 2.05) is 50.2 Å². The molecule has 6 heteroatoms. The fraction of sp³-hybridized carbons (Fsp3) is 0.450. The molecule has 1 unspecified atom stereocenters. The Labute approximate surface area is 155 Å². The van der Waals surface area contributed by atoms with Crippen LogP contribution in [0.25, 0.3) is 0 Å². The van der Waals surface area contributed by atoms with Crippen molar-refractivity contribution in [1.82, 2.24) is 10.6 Å². The van der Waals surface area contributed by atoms with Crippen molar-refractivity contribution in [2.24, 2.45) is 4.99 Å². The highest BCUT2D eigenvalue weighted by Crippen LogP contribution is 2.23. The zero-order chi connectivity index (χ0) is 18.8. The molecule has 0 aliphatic carbocycles. The summed E-state index contributed by atoms with van der Waals surface area (Å²) in [7, 11) is 0. The van der Waals surface area contributed by atoms with Crippen molar-refractivity contribution >= 4 is 5.96 Å². The van der Waals surface area contributed by atoms with Crippen LogP contribution < -0.4 is 15.4 Å². The van der Waals surface area contributed by atoms with E-state index in [9.17, 15) is 5.11 Å². The molecule has 0 saturated heterocycles. The molecule has 26 heavy (non-hydrogen) atoms. The smallest absolute Gasteiger partial charge is 0.191 e. The SMILES string of the molecule is CCNC(=NCC(C)(O)c1ccc(C)o1)NCCCOc1ccccc1. The highest BCUT2D eigenvalue weighted by molar-refractivity contribution is 5.79. The minimum absolute atomic E-state index is 0.204. The quantitative estimate of drug-likeness (QED) is 0.364. The molecule has 0 amide bonds. The maximum absolute atomic E-state index is 10.6. The highest BCUT2D eigenvalue weighted by Gasteiger charge is 2.26. The number of aryl methyl sites for hydroxylation is 1. The van der Waals surface area contributed by atoms with Crippen molar-refractivity contribution in [2.75, 3.05) is 26.2 Å². The molecule has 0 bridgehead atoms. The maximum Gasteiger partial charge on any atom is 0.191 e. The van der Waals surface area contributed by atoms with Gasteiger partial charge in [-0.05, 0) is 51.5 Å². The topological polar surface area (TPSA) is 79.0 Å². The lowest BCUT2D eigenvalue weighted by molar-refractivity contribution is 0.0428. The number of hydrogen-bond acceptors (Lipinski definition) is 4. The molecule has 3 N–H and O–H groups in total. The fourth-order valence-corrected chi connectivity index (χ4v) is 2.36. The molecular weight excluding hydrogens is 330 g/mol. The molecule has 1 atom stereocenters. The van der Waals surface area contributed by atoms with Gasteiger partial charge in [-0.2, -0.15) is 0 Å². The third kappa shape index (κ3) is 6.44. The number of furan rings is 1. The Morgan fingerprint density at radius 1 is 1.19 bits per heavy atom. The van der Waals surface area contributed by atoms with Crippen molar-refractivity contribution in [3.63, 3.8) is 0 Å². The number of nitrogens with zero attached hydrogens (tertiary/aromatic N) is 1. The molecule has 2 rings (SSSR count). The van der Waals surface area contributed by atoms with Gasteiger partial charge in [0, 0.05) is 13.1 Å². The number of hydrogen-bond donors (Lipinski definition) is 3. The predicted octanol–water partition coefficient (Wildman–Crippen LogP) is 2.82. The number of benzene rings is 1. The molecule has 0 fully saturated rings. The van der Waals surface area contributed by atoms with Crippen LogP contribution in [0.3, 0.4) is 0 Å². The zero-order valence-electron chi connectivity index (χ0n) is 15.8. The van der Waals surface area contributed by atoms with E-state index in [-0.39, 0.29) is 6.54 Å². The molecule has 0 saturated carbocycles. The highest BCUT2D eigenvalue weighted by atomic mass is 16.5. The Morgan fingerprint density at radius 2 is 1.96 bits per heavy atom. The van der Waals surface area contributed by atoms with Crippen molar-refractivity contribution in [2.45, 2.75) is 32.8 Å². The van der Waals surface area contributed by atoms with Gasteiger partial charge in [-0.25, -0.2) is 4.99 Å². The van der Waals surface area contributed by atoms with Gasteiger partial charge in [0.2, 0.25) is 0 Å². The van der Waals surface area contributed by atoms with Gasteiger partial charge in [0.1, 0.15) is 22.9 Å². The first-order valence-electron chi connectivity index (χ1n) is 9.00. The van der Waals surface area contributed by atoms with Gasteiger partial charge in [0.05, 0.1) is 13.2 Å². The van der Waals surface area contributed by atoms with Gasteiger partial charge < -0.3 is 24.9 Å². The van der Waals surface area contributed by atoms with E-state index < -0.39 is 5.60 Å². The van der Waals surface area contributed by atoms with E-state index in [1.165, 1.54) is 0 Å². The van der Waals surface area contributed by atoms with E-state index in [0.717, 1.165) is 31.0 Å². The summed E-state index contributed by atoms with van der Waals surface area (Å²) in [6.07, 6.45) is 0.840. The number of rotatable bonds is 9. The molecular formula is C20H29N3O3. The van der Waals surface area contributed by atoms with Crippen molar-refractivity contribution in [1.29, 1.82) is 0 Å². The fourth-order valence-electron chi connectivity index (χ4n) is 2.36. The van der Waals surface area contributed by atoms with Crippen LogP contribution in [0.15, 0.2) is 51.9 Å². The van der Waals surface area contributed by atoms with E-state index in [4.69, 9.17) is 9.15 Å². The average molecular weight is 359 g/mol. The van der Waals surface area contributed by atoms with Gasteiger partial charge >= 0.3 is 0 Å². The van der Waals surface area contributed by atoms with Crippen LogP contribution in [0.1, 0.15) is 31.8 Å². The monoisotopic (exact) mass is 359 g/mol. The first kappa shape index (κ1) is 19.8. The maximum atomic E-state index is 10.6. The molecule has 0 aliphatic heterocycles. The third-order valence-corrected chi connectivity index (χ3v) is 3.79.